The summed E-state index contributed by atoms with van der Waals surface area (Å²) in [5.41, 5.74) is 5.37. The molecule has 4 aromatic heterocycles. The average Bonchev–Trinajstić information content (AvgIpc) is 3.74. The Morgan fingerprint density at radius 3 is 2.05 bits per heavy atom. The summed E-state index contributed by atoms with van der Waals surface area (Å²) in [6.07, 6.45) is 0. The van der Waals surface area contributed by atoms with E-state index in [0.717, 1.165) is 27.0 Å². The molecule has 10 aromatic rings. The number of fused-ring (bicyclic) bond motifs is 11. The average molecular weight is 584 g/mol. The van der Waals surface area contributed by atoms with Crippen LogP contribution in [-0.2, 0) is 0 Å². The Bertz CT molecular complexity index is 2750. The molecule has 0 amide bonds. The van der Waals surface area contributed by atoms with Crippen molar-refractivity contribution in [2.24, 2.45) is 0 Å². The predicted molar refractivity (Wildman–Crippen MR) is 185 cm³/mol. The van der Waals surface area contributed by atoms with Crippen LogP contribution >= 0.6 is 22.7 Å². The number of benzene rings is 6. The summed E-state index contributed by atoms with van der Waals surface area (Å²) in [7, 11) is 0. The first-order valence-corrected chi connectivity index (χ1v) is 16.0. The van der Waals surface area contributed by atoms with E-state index in [1.807, 2.05) is 11.3 Å². The smallest absolute Gasteiger partial charge is 0.235 e. The maximum Gasteiger partial charge on any atom is 0.235 e. The molecule has 0 bridgehead atoms. The lowest BCUT2D eigenvalue weighted by Gasteiger charge is -2.11. The van der Waals surface area contributed by atoms with Gasteiger partial charge in [-0.05, 0) is 35.0 Å². The van der Waals surface area contributed by atoms with Crippen molar-refractivity contribution >= 4 is 95.7 Å². The number of aromatic nitrogens is 3. The van der Waals surface area contributed by atoms with Crippen LogP contribution in [0.15, 0.2) is 127 Å². The first kappa shape index (κ1) is 23.5. The van der Waals surface area contributed by atoms with Gasteiger partial charge in [-0.3, -0.25) is 4.57 Å². The van der Waals surface area contributed by atoms with E-state index in [9.17, 15) is 0 Å². The number of para-hydroxylation sites is 1. The second kappa shape index (κ2) is 8.71. The van der Waals surface area contributed by atoms with E-state index >= 15 is 0 Å². The molecule has 0 aliphatic rings. The number of rotatable bonds is 2. The van der Waals surface area contributed by atoms with Crippen LogP contribution < -0.4 is 0 Å². The van der Waals surface area contributed by atoms with Crippen molar-refractivity contribution in [1.29, 1.82) is 0 Å². The van der Waals surface area contributed by atoms with Gasteiger partial charge in [-0.25, -0.2) is 9.97 Å². The minimum atomic E-state index is 0.704. The lowest BCUT2D eigenvalue weighted by molar-refractivity contribution is 1.02. The highest BCUT2D eigenvalue weighted by Gasteiger charge is 2.22. The topological polar surface area (TPSA) is 30.7 Å². The normalized spacial score (nSPS) is 12.2. The Hall–Kier alpha value is -5.10. The van der Waals surface area contributed by atoms with Gasteiger partial charge in [0.1, 0.15) is 0 Å². The highest BCUT2D eigenvalue weighted by molar-refractivity contribution is 7.27. The van der Waals surface area contributed by atoms with Crippen molar-refractivity contribution in [1.82, 2.24) is 14.5 Å². The molecule has 0 saturated heterocycles. The molecular formula is C38H21N3S2. The van der Waals surface area contributed by atoms with Crippen LogP contribution in [0.4, 0.5) is 0 Å². The molecule has 200 valence electrons. The fourth-order valence-electron chi connectivity index (χ4n) is 6.65. The van der Waals surface area contributed by atoms with Gasteiger partial charge < -0.3 is 0 Å². The highest BCUT2D eigenvalue weighted by Crippen LogP contribution is 2.44. The summed E-state index contributed by atoms with van der Waals surface area (Å²) in [4.78, 5) is 10.8. The summed E-state index contributed by atoms with van der Waals surface area (Å²) in [5.74, 6) is 0.704. The first-order chi connectivity index (χ1) is 21.3. The van der Waals surface area contributed by atoms with Gasteiger partial charge in [0.05, 0.1) is 31.6 Å². The third-order valence-corrected chi connectivity index (χ3v) is 11.0. The number of thiophene rings is 2. The van der Waals surface area contributed by atoms with E-state index in [1.54, 1.807) is 11.3 Å². The monoisotopic (exact) mass is 583 g/mol. The molecule has 0 fully saturated rings. The molecule has 3 nitrogen and oxygen atoms in total. The van der Waals surface area contributed by atoms with Crippen molar-refractivity contribution in [3.63, 3.8) is 0 Å². The van der Waals surface area contributed by atoms with E-state index in [4.69, 9.17) is 9.97 Å². The fourth-order valence-corrected chi connectivity index (χ4v) is 9.04. The van der Waals surface area contributed by atoms with Crippen molar-refractivity contribution in [2.75, 3.05) is 0 Å². The Kier molecular flexibility index (Phi) is 4.75. The Balaban J connectivity index is 1.38. The SMILES string of the molecule is c1ccc2cc(-c3nc(-n4c5ccccc5c5ccc6c7ccccc7sc6c54)nc4c3sc3ccccc34)ccc2c1. The maximum atomic E-state index is 5.44. The summed E-state index contributed by atoms with van der Waals surface area (Å²) < 4.78 is 7.20. The molecular weight excluding hydrogens is 563 g/mol. The van der Waals surface area contributed by atoms with Gasteiger partial charge in [-0.15, -0.1) is 22.7 Å². The molecule has 0 spiro atoms. The van der Waals surface area contributed by atoms with Gasteiger partial charge >= 0.3 is 0 Å². The second-order valence-electron chi connectivity index (χ2n) is 11.0. The molecule has 0 radical (unpaired) electrons. The number of hydrogen-bond acceptors (Lipinski definition) is 4. The molecule has 0 unspecified atom stereocenters. The lowest BCUT2D eigenvalue weighted by Crippen LogP contribution is -2.02. The van der Waals surface area contributed by atoms with E-state index in [2.05, 4.69) is 132 Å². The minimum absolute atomic E-state index is 0.704. The van der Waals surface area contributed by atoms with Gasteiger partial charge in [-0.1, -0.05) is 103 Å². The van der Waals surface area contributed by atoms with Crippen molar-refractivity contribution in [3.05, 3.63) is 127 Å². The van der Waals surface area contributed by atoms with Crippen LogP contribution in [-0.4, -0.2) is 14.5 Å². The van der Waals surface area contributed by atoms with Crippen LogP contribution in [0, 0.1) is 0 Å². The zero-order valence-electron chi connectivity index (χ0n) is 22.8. The quantitative estimate of drug-likeness (QED) is 0.203. The zero-order chi connectivity index (χ0) is 28.1. The van der Waals surface area contributed by atoms with Crippen LogP contribution in [0.1, 0.15) is 0 Å². The molecule has 0 saturated carbocycles. The number of nitrogens with zero attached hydrogens (tertiary/aromatic N) is 3. The maximum absolute atomic E-state index is 5.44. The van der Waals surface area contributed by atoms with Crippen molar-refractivity contribution in [2.45, 2.75) is 0 Å². The Morgan fingerprint density at radius 1 is 0.488 bits per heavy atom. The zero-order valence-corrected chi connectivity index (χ0v) is 24.4. The third kappa shape index (κ3) is 3.29. The molecule has 0 aliphatic heterocycles. The van der Waals surface area contributed by atoms with Gasteiger partial charge in [-0.2, -0.15) is 0 Å². The lowest BCUT2D eigenvalue weighted by atomic mass is 10.0. The largest absolute Gasteiger partial charge is 0.276 e. The molecule has 43 heavy (non-hydrogen) atoms. The van der Waals surface area contributed by atoms with Crippen LogP contribution in [0.25, 0.3) is 90.3 Å². The van der Waals surface area contributed by atoms with Crippen LogP contribution in [0.5, 0.6) is 0 Å². The molecule has 10 rings (SSSR count). The first-order valence-electron chi connectivity index (χ1n) is 14.3. The van der Waals surface area contributed by atoms with Crippen LogP contribution in [0.2, 0.25) is 0 Å². The molecule has 6 aromatic carbocycles. The van der Waals surface area contributed by atoms with Gasteiger partial charge in [0, 0.05) is 41.9 Å². The minimum Gasteiger partial charge on any atom is -0.276 e. The molecule has 0 atom stereocenters. The highest BCUT2D eigenvalue weighted by atomic mass is 32.1. The molecule has 5 heteroatoms. The van der Waals surface area contributed by atoms with Crippen molar-refractivity contribution in [3.8, 4) is 17.2 Å². The molecule has 4 heterocycles. The van der Waals surface area contributed by atoms with E-state index in [0.29, 0.717) is 5.95 Å². The third-order valence-electron chi connectivity index (χ3n) is 8.61. The van der Waals surface area contributed by atoms with Gasteiger partial charge in [0.15, 0.2) is 0 Å². The predicted octanol–water partition coefficient (Wildman–Crippen LogP) is 11.1. The summed E-state index contributed by atoms with van der Waals surface area (Å²) in [5, 5.41) is 8.60. The van der Waals surface area contributed by atoms with Crippen LogP contribution in [0.3, 0.4) is 0 Å². The summed E-state index contributed by atoms with van der Waals surface area (Å²) in [6, 6.07) is 45.7. The molecule has 0 aliphatic carbocycles. The molecule has 0 N–H and O–H groups in total. The standard InChI is InChI=1S/C38H21N3S2/c1-2-10-23-21-24(18-17-22(23)9-1)33-37-34(29-13-5-8-16-32(29)43-37)40-38(39-33)41-30-14-6-3-11-25(30)27-19-20-28-26-12-4-7-15-31(26)42-36(28)35(27)41/h1-21H. The summed E-state index contributed by atoms with van der Waals surface area (Å²) >= 11 is 3.63. The fraction of sp³-hybridized carbons (Fsp3) is 0. The van der Waals surface area contributed by atoms with E-state index in [1.165, 1.54) is 57.3 Å². The Morgan fingerprint density at radius 2 is 1.16 bits per heavy atom. The van der Waals surface area contributed by atoms with Crippen molar-refractivity contribution < 1.29 is 0 Å². The second-order valence-corrected chi connectivity index (χ2v) is 13.1. The Labute approximate surface area is 253 Å². The number of hydrogen-bond donors (Lipinski definition) is 0. The van der Waals surface area contributed by atoms with Gasteiger partial charge in [0.2, 0.25) is 5.95 Å². The van der Waals surface area contributed by atoms with E-state index in [-0.39, 0.29) is 0 Å². The van der Waals surface area contributed by atoms with Gasteiger partial charge in [0.25, 0.3) is 0 Å². The van der Waals surface area contributed by atoms with E-state index < -0.39 is 0 Å². The summed E-state index contributed by atoms with van der Waals surface area (Å²) in [6.45, 7) is 0.